The minimum absolute atomic E-state index is 0.293. The zero-order valence-electron chi connectivity index (χ0n) is 9.24. The Morgan fingerprint density at radius 2 is 1.89 bits per heavy atom. The number of amides is 2. The van der Waals surface area contributed by atoms with E-state index in [0.717, 1.165) is 0 Å². The van der Waals surface area contributed by atoms with Gasteiger partial charge in [-0.1, -0.05) is 29.3 Å². The number of benzene rings is 1. The molecule has 4 nitrogen and oxygen atoms in total. The molecule has 0 atom stereocenters. The Balaban J connectivity index is 1.95. The molecule has 0 aliphatic carbocycles. The number of carbonyl (C=O) groups is 1. The normalized spacial score (nSPS) is 10.1. The van der Waals surface area contributed by atoms with Crippen LogP contribution in [-0.2, 0) is 6.54 Å². The van der Waals surface area contributed by atoms with Crippen molar-refractivity contribution in [2.75, 3.05) is 5.32 Å². The van der Waals surface area contributed by atoms with Crippen LogP contribution in [0.2, 0.25) is 10.0 Å². The van der Waals surface area contributed by atoms with Gasteiger partial charge in [0, 0.05) is 0 Å². The van der Waals surface area contributed by atoms with Gasteiger partial charge in [-0.3, -0.25) is 0 Å². The fourth-order valence-corrected chi connectivity index (χ4v) is 1.85. The lowest BCUT2D eigenvalue weighted by Gasteiger charge is -2.09. The number of urea groups is 1. The molecule has 1 aromatic heterocycles. The predicted molar refractivity (Wildman–Crippen MR) is 71.0 cm³/mol. The van der Waals surface area contributed by atoms with Gasteiger partial charge in [-0.05, 0) is 24.3 Å². The highest BCUT2D eigenvalue weighted by molar-refractivity contribution is 6.39. The number of carbonyl (C=O) groups excluding carboxylic acids is 1. The van der Waals surface area contributed by atoms with Crippen molar-refractivity contribution in [3.8, 4) is 0 Å². The van der Waals surface area contributed by atoms with E-state index >= 15 is 0 Å². The van der Waals surface area contributed by atoms with Crippen molar-refractivity contribution < 1.29 is 9.21 Å². The van der Waals surface area contributed by atoms with E-state index in [1.54, 1.807) is 36.6 Å². The summed E-state index contributed by atoms with van der Waals surface area (Å²) in [6, 6.07) is 8.12. The summed E-state index contributed by atoms with van der Waals surface area (Å²) >= 11 is 11.9. The summed E-state index contributed by atoms with van der Waals surface area (Å²) in [5.41, 5.74) is 0.387. The molecule has 0 spiro atoms. The van der Waals surface area contributed by atoms with Crippen molar-refractivity contribution in [3.63, 3.8) is 0 Å². The third kappa shape index (κ3) is 3.18. The first-order chi connectivity index (χ1) is 8.66. The largest absolute Gasteiger partial charge is 0.467 e. The van der Waals surface area contributed by atoms with Gasteiger partial charge in [0.1, 0.15) is 5.76 Å². The van der Waals surface area contributed by atoms with Crippen molar-refractivity contribution in [2.24, 2.45) is 0 Å². The molecule has 0 saturated carbocycles. The molecule has 2 N–H and O–H groups in total. The van der Waals surface area contributed by atoms with Crippen LogP contribution in [0.5, 0.6) is 0 Å². The van der Waals surface area contributed by atoms with E-state index in [2.05, 4.69) is 10.6 Å². The van der Waals surface area contributed by atoms with Crippen LogP contribution in [0.3, 0.4) is 0 Å². The summed E-state index contributed by atoms with van der Waals surface area (Å²) in [4.78, 5) is 11.6. The van der Waals surface area contributed by atoms with Gasteiger partial charge in [0.2, 0.25) is 0 Å². The molecular weight excluding hydrogens is 275 g/mol. The van der Waals surface area contributed by atoms with Crippen LogP contribution in [-0.4, -0.2) is 6.03 Å². The van der Waals surface area contributed by atoms with Gasteiger partial charge in [0.25, 0.3) is 0 Å². The van der Waals surface area contributed by atoms with Crippen molar-refractivity contribution in [2.45, 2.75) is 6.54 Å². The van der Waals surface area contributed by atoms with E-state index in [1.807, 2.05) is 0 Å². The Kier molecular flexibility index (Phi) is 4.12. The number of rotatable bonds is 3. The highest BCUT2D eigenvalue weighted by Crippen LogP contribution is 2.29. The van der Waals surface area contributed by atoms with Gasteiger partial charge in [-0.2, -0.15) is 0 Å². The first-order valence-corrected chi connectivity index (χ1v) is 5.93. The molecule has 2 amide bonds. The summed E-state index contributed by atoms with van der Waals surface area (Å²) in [5, 5.41) is 5.98. The molecule has 0 saturated heterocycles. The lowest BCUT2D eigenvalue weighted by molar-refractivity contribution is 0.251. The van der Waals surface area contributed by atoms with E-state index in [0.29, 0.717) is 28.0 Å². The average Bonchev–Trinajstić information content (AvgIpc) is 2.84. The van der Waals surface area contributed by atoms with Gasteiger partial charge < -0.3 is 15.1 Å². The smallest absolute Gasteiger partial charge is 0.319 e. The lowest BCUT2D eigenvalue weighted by Crippen LogP contribution is -2.28. The number of halogens is 2. The maximum absolute atomic E-state index is 11.6. The van der Waals surface area contributed by atoms with E-state index < -0.39 is 6.03 Å². The second-order valence-corrected chi connectivity index (χ2v) is 4.30. The number of anilines is 1. The fourth-order valence-electron chi connectivity index (χ4n) is 1.36. The molecule has 0 radical (unpaired) electrons. The maximum Gasteiger partial charge on any atom is 0.319 e. The quantitative estimate of drug-likeness (QED) is 0.898. The van der Waals surface area contributed by atoms with Crippen LogP contribution < -0.4 is 10.6 Å². The van der Waals surface area contributed by atoms with E-state index in [1.165, 1.54) is 0 Å². The summed E-state index contributed by atoms with van der Waals surface area (Å²) < 4.78 is 5.09. The highest BCUT2D eigenvalue weighted by atomic mass is 35.5. The topological polar surface area (TPSA) is 54.3 Å². The molecule has 94 valence electrons. The third-order valence-corrected chi connectivity index (χ3v) is 2.83. The second-order valence-electron chi connectivity index (χ2n) is 3.48. The van der Waals surface area contributed by atoms with Crippen molar-refractivity contribution in [1.82, 2.24) is 5.32 Å². The van der Waals surface area contributed by atoms with Gasteiger partial charge in [0.15, 0.2) is 0 Å². The Morgan fingerprint density at radius 3 is 2.50 bits per heavy atom. The average molecular weight is 285 g/mol. The fraction of sp³-hybridized carbons (Fsp3) is 0.0833. The van der Waals surface area contributed by atoms with Crippen LogP contribution in [0.1, 0.15) is 5.76 Å². The monoisotopic (exact) mass is 284 g/mol. The zero-order valence-corrected chi connectivity index (χ0v) is 10.8. The summed E-state index contributed by atoms with van der Waals surface area (Å²) in [7, 11) is 0. The first-order valence-electron chi connectivity index (χ1n) is 5.18. The third-order valence-electron chi connectivity index (χ3n) is 2.20. The number of furan rings is 1. The lowest BCUT2D eigenvalue weighted by atomic mass is 10.3. The number of para-hydroxylation sites is 1. The summed E-state index contributed by atoms with van der Waals surface area (Å²) in [5.74, 6) is 0.662. The molecule has 0 aliphatic rings. The number of hydrogen-bond acceptors (Lipinski definition) is 2. The predicted octanol–water partition coefficient (Wildman–Crippen LogP) is 3.91. The van der Waals surface area contributed by atoms with Crippen molar-refractivity contribution in [3.05, 3.63) is 52.4 Å². The molecule has 2 rings (SSSR count). The molecule has 1 heterocycles. The molecule has 2 aromatic rings. The molecule has 1 aromatic carbocycles. The summed E-state index contributed by atoms with van der Waals surface area (Å²) in [6.45, 7) is 0.293. The maximum atomic E-state index is 11.6. The minimum atomic E-state index is -0.401. The molecule has 0 unspecified atom stereocenters. The van der Waals surface area contributed by atoms with Gasteiger partial charge in [-0.25, -0.2) is 4.79 Å². The van der Waals surface area contributed by atoms with Crippen LogP contribution in [0.4, 0.5) is 10.5 Å². The number of nitrogens with one attached hydrogen (secondary N) is 2. The second kappa shape index (κ2) is 5.80. The molecule has 6 heteroatoms. The van der Waals surface area contributed by atoms with Gasteiger partial charge in [0.05, 0.1) is 28.5 Å². The molecule has 0 fully saturated rings. The van der Waals surface area contributed by atoms with Gasteiger partial charge in [-0.15, -0.1) is 0 Å². The molecule has 0 bridgehead atoms. The standard InChI is InChI=1S/C12H10Cl2N2O2/c13-9-4-1-5-10(14)11(9)16-12(17)15-7-8-3-2-6-18-8/h1-6H,7H2,(H2,15,16,17). The highest BCUT2D eigenvalue weighted by Gasteiger charge is 2.09. The molecule has 18 heavy (non-hydrogen) atoms. The molecule has 0 aliphatic heterocycles. The van der Waals surface area contributed by atoms with Crippen molar-refractivity contribution >= 4 is 34.9 Å². The Labute approximate surface area is 114 Å². The van der Waals surface area contributed by atoms with Crippen molar-refractivity contribution in [1.29, 1.82) is 0 Å². The van der Waals surface area contributed by atoms with E-state index in [-0.39, 0.29) is 0 Å². The summed E-state index contributed by atoms with van der Waals surface area (Å²) in [6.07, 6.45) is 1.54. The Bertz CT molecular complexity index is 521. The number of hydrogen-bond donors (Lipinski definition) is 2. The first kappa shape index (κ1) is 12.8. The van der Waals surface area contributed by atoms with Crippen LogP contribution in [0, 0.1) is 0 Å². The Hall–Kier alpha value is -1.65. The van der Waals surface area contributed by atoms with Crippen LogP contribution in [0.15, 0.2) is 41.0 Å². The van der Waals surface area contributed by atoms with Crippen LogP contribution in [0.25, 0.3) is 0 Å². The van der Waals surface area contributed by atoms with E-state index in [4.69, 9.17) is 27.6 Å². The minimum Gasteiger partial charge on any atom is -0.467 e. The van der Waals surface area contributed by atoms with Gasteiger partial charge >= 0.3 is 6.03 Å². The van der Waals surface area contributed by atoms with Crippen LogP contribution >= 0.6 is 23.2 Å². The Morgan fingerprint density at radius 1 is 1.17 bits per heavy atom. The molecular formula is C12H10Cl2N2O2. The SMILES string of the molecule is O=C(NCc1ccco1)Nc1c(Cl)cccc1Cl. The van der Waals surface area contributed by atoms with E-state index in [9.17, 15) is 4.79 Å². The zero-order chi connectivity index (χ0) is 13.0.